The molecule has 0 unspecified atom stereocenters. The van der Waals surface area contributed by atoms with Crippen LogP contribution in [0.3, 0.4) is 0 Å². The van der Waals surface area contributed by atoms with Gasteiger partial charge >= 0.3 is 5.97 Å². The Morgan fingerprint density at radius 3 is 2.60 bits per heavy atom. The lowest BCUT2D eigenvalue weighted by atomic mass is 10.1. The normalized spacial score (nSPS) is 10.3. The predicted octanol–water partition coefficient (Wildman–Crippen LogP) is 2.90. The number of aryl methyl sites for hydroxylation is 1. The molecule has 1 aromatic carbocycles. The fourth-order valence-corrected chi connectivity index (χ4v) is 2.91. The van der Waals surface area contributed by atoms with Crippen LogP contribution >= 0.6 is 31.9 Å². The van der Waals surface area contributed by atoms with Crippen LogP contribution in [-0.4, -0.2) is 26.8 Å². The zero-order valence-electron chi connectivity index (χ0n) is 10.2. The van der Waals surface area contributed by atoms with E-state index >= 15 is 0 Å². The fraction of sp³-hybridized carbons (Fsp3) is 0.0833. The molecule has 0 bridgehead atoms. The van der Waals surface area contributed by atoms with Gasteiger partial charge in [0, 0.05) is 22.2 Å². The Hall–Kier alpha value is -1.67. The number of carboxylic acid groups (broad SMARTS) is 1. The molecule has 1 amide bonds. The van der Waals surface area contributed by atoms with Crippen molar-refractivity contribution in [3.8, 4) is 0 Å². The first-order valence-corrected chi connectivity index (χ1v) is 7.00. The first-order valence-electron chi connectivity index (χ1n) is 5.42. The summed E-state index contributed by atoms with van der Waals surface area (Å²) in [6.07, 6.45) is 1.63. The molecule has 0 fully saturated rings. The zero-order valence-corrected chi connectivity index (χ0v) is 13.4. The van der Waals surface area contributed by atoms with E-state index in [-0.39, 0.29) is 16.9 Å². The summed E-state index contributed by atoms with van der Waals surface area (Å²) >= 11 is 6.45. The molecule has 20 heavy (non-hydrogen) atoms. The number of amides is 1. The number of halogens is 2. The Morgan fingerprint density at radius 1 is 1.35 bits per heavy atom. The molecule has 8 heteroatoms. The molecule has 1 heterocycles. The van der Waals surface area contributed by atoms with Crippen LogP contribution in [0.2, 0.25) is 0 Å². The zero-order chi connectivity index (χ0) is 14.9. The van der Waals surface area contributed by atoms with Gasteiger partial charge in [0.05, 0.1) is 11.3 Å². The molecular formula is C12H9Br2N3O3. The molecule has 0 saturated carbocycles. The van der Waals surface area contributed by atoms with E-state index in [0.29, 0.717) is 8.95 Å². The highest BCUT2D eigenvalue weighted by Crippen LogP contribution is 2.31. The Balaban J connectivity index is 2.38. The van der Waals surface area contributed by atoms with E-state index in [1.54, 1.807) is 25.4 Å². The summed E-state index contributed by atoms with van der Waals surface area (Å²) in [5.74, 6) is -1.61. The van der Waals surface area contributed by atoms with E-state index in [1.165, 1.54) is 10.7 Å². The number of anilines is 1. The SMILES string of the molecule is Cn1ccc(C(=O)Nc2c(Br)cc(Br)cc2C(=O)O)n1. The molecule has 0 radical (unpaired) electrons. The van der Waals surface area contributed by atoms with E-state index in [4.69, 9.17) is 0 Å². The number of aromatic nitrogens is 2. The van der Waals surface area contributed by atoms with Crippen molar-refractivity contribution in [2.75, 3.05) is 5.32 Å². The van der Waals surface area contributed by atoms with Crippen molar-refractivity contribution in [2.24, 2.45) is 7.05 Å². The van der Waals surface area contributed by atoms with Crippen LogP contribution in [0.15, 0.2) is 33.3 Å². The Morgan fingerprint density at radius 2 is 2.05 bits per heavy atom. The van der Waals surface area contributed by atoms with Crippen molar-refractivity contribution in [1.82, 2.24) is 9.78 Å². The summed E-state index contributed by atoms with van der Waals surface area (Å²) in [5, 5.41) is 15.7. The molecule has 1 aromatic heterocycles. The number of carbonyl (C=O) groups excluding carboxylic acids is 1. The predicted molar refractivity (Wildman–Crippen MR) is 80.0 cm³/mol. The number of carboxylic acids is 1. The second kappa shape index (κ2) is 5.76. The molecule has 0 aliphatic rings. The minimum Gasteiger partial charge on any atom is -0.478 e. The van der Waals surface area contributed by atoms with Gasteiger partial charge in [-0.25, -0.2) is 4.79 Å². The molecule has 0 aliphatic carbocycles. The third kappa shape index (κ3) is 3.07. The number of rotatable bonds is 3. The Labute approximate surface area is 131 Å². The second-order valence-corrected chi connectivity index (χ2v) is 5.71. The summed E-state index contributed by atoms with van der Waals surface area (Å²) in [5.41, 5.74) is 0.380. The summed E-state index contributed by atoms with van der Waals surface area (Å²) in [6.45, 7) is 0. The maximum atomic E-state index is 12.0. The third-order valence-electron chi connectivity index (χ3n) is 2.47. The van der Waals surface area contributed by atoms with E-state index < -0.39 is 11.9 Å². The number of nitrogens with one attached hydrogen (secondary N) is 1. The highest BCUT2D eigenvalue weighted by molar-refractivity contribution is 9.11. The van der Waals surface area contributed by atoms with Crippen molar-refractivity contribution in [2.45, 2.75) is 0 Å². The van der Waals surface area contributed by atoms with E-state index in [2.05, 4.69) is 42.3 Å². The summed E-state index contributed by atoms with van der Waals surface area (Å²) in [6, 6.07) is 4.62. The molecular weight excluding hydrogens is 394 g/mol. The quantitative estimate of drug-likeness (QED) is 0.826. The van der Waals surface area contributed by atoms with Gasteiger partial charge in [0.15, 0.2) is 5.69 Å². The number of nitrogens with zero attached hydrogens (tertiary/aromatic N) is 2. The first-order chi connectivity index (χ1) is 9.38. The van der Waals surface area contributed by atoms with Gasteiger partial charge in [0.2, 0.25) is 0 Å². The van der Waals surface area contributed by atoms with Crippen molar-refractivity contribution in [3.05, 3.63) is 44.6 Å². The van der Waals surface area contributed by atoms with Crippen molar-refractivity contribution in [3.63, 3.8) is 0 Å². The van der Waals surface area contributed by atoms with Crippen LogP contribution in [0.4, 0.5) is 5.69 Å². The molecule has 2 aromatic rings. The van der Waals surface area contributed by atoms with Gasteiger partial charge in [-0.3, -0.25) is 9.48 Å². The van der Waals surface area contributed by atoms with E-state index in [9.17, 15) is 14.7 Å². The van der Waals surface area contributed by atoms with E-state index in [0.717, 1.165) is 0 Å². The van der Waals surface area contributed by atoms with Crippen LogP contribution < -0.4 is 5.32 Å². The van der Waals surface area contributed by atoms with Crippen LogP contribution in [0.1, 0.15) is 20.8 Å². The van der Waals surface area contributed by atoms with Crippen molar-refractivity contribution < 1.29 is 14.7 Å². The average Bonchev–Trinajstić information content (AvgIpc) is 2.78. The smallest absolute Gasteiger partial charge is 0.337 e. The number of aromatic carboxylic acids is 1. The molecule has 2 rings (SSSR count). The second-order valence-electron chi connectivity index (χ2n) is 3.94. The molecule has 0 saturated heterocycles. The molecule has 6 nitrogen and oxygen atoms in total. The molecule has 0 atom stereocenters. The minimum absolute atomic E-state index is 0.0180. The molecule has 0 spiro atoms. The third-order valence-corrected chi connectivity index (χ3v) is 3.55. The van der Waals surface area contributed by atoms with Gasteiger partial charge in [0.1, 0.15) is 0 Å². The van der Waals surface area contributed by atoms with Crippen molar-refractivity contribution in [1.29, 1.82) is 0 Å². The van der Waals surface area contributed by atoms with Gasteiger partial charge in [-0.1, -0.05) is 15.9 Å². The highest BCUT2D eigenvalue weighted by atomic mass is 79.9. The fourth-order valence-electron chi connectivity index (χ4n) is 1.58. The monoisotopic (exact) mass is 401 g/mol. The first kappa shape index (κ1) is 14.7. The lowest BCUT2D eigenvalue weighted by Gasteiger charge is -2.10. The van der Waals surface area contributed by atoms with Gasteiger partial charge in [0.25, 0.3) is 5.91 Å². The average molecular weight is 403 g/mol. The summed E-state index contributed by atoms with van der Waals surface area (Å²) in [4.78, 5) is 23.3. The maximum Gasteiger partial charge on any atom is 0.337 e. The summed E-state index contributed by atoms with van der Waals surface area (Å²) in [7, 11) is 1.69. The Bertz CT molecular complexity index is 697. The molecule has 104 valence electrons. The number of hydrogen-bond donors (Lipinski definition) is 2. The lowest BCUT2D eigenvalue weighted by Crippen LogP contribution is -2.16. The van der Waals surface area contributed by atoms with E-state index in [1.807, 2.05) is 0 Å². The number of benzene rings is 1. The number of hydrogen-bond acceptors (Lipinski definition) is 3. The minimum atomic E-state index is -1.14. The maximum absolute atomic E-state index is 12.0. The lowest BCUT2D eigenvalue weighted by molar-refractivity contribution is 0.0698. The molecule has 2 N–H and O–H groups in total. The van der Waals surface area contributed by atoms with Gasteiger partial charge in [-0.15, -0.1) is 0 Å². The van der Waals surface area contributed by atoms with Crippen LogP contribution in [0, 0.1) is 0 Å². The van der Waals surface area contributed by atoms with Gasteiger partial charge < -0.3 is 10.4 Å². The summed E-state index contributed by atoms with van der Waals surface area (Å²) < 4.78 is 2.55. The number of carbonyl (C=O) groups is 2. The highest BCUT2D eigenvalue weighted by Gasteiger charge is 2.18. The van der Waals surface area contributed by atoms with Gasteiger partial charge in [-0.05, 0) is 34.1 Å². The largest absolute Gasteiger partial charge is 0.478 e. The standard InChI is InChI=1S/C12H9Br2N3O3/c1-17-3-2-9(16-17)11(18)15-10-7(12(19)20)4-6(13)5-8(10)14/h2-5H,1H3,(H,15,18)(H,19,20). The van der Waals surface area contributed by atoms with Crippen molar-refractivity contribution >= 4 is 49.4 Å². The topological polar surface area (TPSA) is 84.2 Å². The Kier molecular flexibility index (Phi) is 4.24. The molecule has 0 aliphatic heterocycles. The van der Waals surface area contributed by atoms with Gasteiger partial charge in [-0.2, -0.15) is 5.10 Å². The van der Waals surface area contributed by atoms with Crippen LogP contribution in [0.5, 0.6) is 0 Å². The van der Waals surface area contributed by atoms with Crippen LogP contribution in [0.25, 0.3) is 0 Å². The van der Waals surface area contributed by atoms with Crippen LogP contribution in [-0.2, 0) is 7.05 Å².